The zero-order valence-corrected chi connectivity index (χ0v) is 17.1. The molecule has 3 N–H and O–H groups in total. The van der Waals surface area contributed by atoms with Crippen LogP contribution in [0.4, 0.5) is 0 Å². The Morgan fingerprint density at radius 3 is 2.57 bits per heavy atom. The molecule has 0 bridgehead atoms. The fraction of sp³-hybridized carbons (Fsp3) is 0.579. The van der Waals surface area contributed by atoms with Gasteiger partial charge >= 0.3 is 0 Å². The van der Waals surface area contributed by atoms with E-state index in [2.05, 4.69) is 9.80 Å². The standard InChI is InChI=1S/C19H29ClN4O4/c1-21-17(13-18(26)22(2)19(21)27)24-9-7-23(8-10-24)6-3-11-28-16-12-14(20)4-5-15(16)25/h4-5,12-13,17,19,25-27H,3,6-11H2,1-2H3. The second-order valence-corrected chi connectivity index (χ2v) is 7.69. The summed E-state index contributed by atoms with van der Waals surface area (Å²) in [5.41, 5.74) is 0. The molecule has 0 radical (unpaired) electrons. The van der Waals surface area contributed by atoms with Crippen molar-refractivity contribution >= 4 is 11.6 Å². The van der Waals surface area contributed by atoms with Gasteiger partial charge in [-0.05, 0) is 25.6 Å². The van der Waals surface area contributed by atoms with Crippen LogP contribution in [0.5, 0.6) is 11.5 Å². The molecule has 1 fully saturated rings. The van der Waals surface area contributed by atoms with Crippen LogP contribution in [0.3, 0.4) is 0 Å². The molecule has 0 amide bonds. The van der Waals surface area contributed by atoms with E-state index in [4.69, 9.17) is 16.3 Å². The first-order valence-electron chi connectivity index (χ1n) is 9.48. The molecule has 1 saturated heterocycles. The van der Waals surface area contributed by atoms with Crippen LogP contribution in [-0.4, -0.2) is 101 Å². The van der Waals surface area contributed by atoms with Gasteiger partial charge in [0.05, 0.1) is 12.8 Å². The van der Waals surface area contributed by atoms with Crippen molar-refractivity contribution in [1.82, 2.24) is 19.6 Å². The third-order valence-corrected chi connectivity index (χ3v) is 5.60. The van der Waals surface area contributed by atoms with Gasteiger partial charge in [-0.1, -0.05) is 11.6 Å². The summed E-state index contributed by atoms with van der Waals surface area (Å²) >= 11 is 5.92. The van der Waals surface area contributed by atoms with Gasteiger partial charge in [0, 0.05) is 56.9 Å². The first-order valence-corrected chi connectivity index (χ1v) is 9.86. The first kappa shape index (κ1) is 21.0. The molecule has 28 heavy (non-hydrogen) atoms. The van der Waals surface area contributed by atoms with E-state index in [1.54, 1.807) is 25.3 Å². The fourth-order valence-corrected chi connectivity index (χ4v) is 3.75. The minimum absolute atomic E-state index is 0.0961. The Labute approximate surface area is 170 Å². The van der Waals surface area contributed by atoms with Crippen molar-refractivity contribution in [2.45, 2.75) is 18.9 Å². The highest BCUT2D eigenvalue weighted by Gasteiger charge is 2.34. The number of hydrogen-bond acceptors (Lipinski definition) is 8. The van der Waals surface area contributed by atoms with Gasteiger partial charge in [-0.25, -0.2) is 4.90 Å². The molecule has 8 nitrogen and oxygen atoms in total. The van der Waals surface area contributed by atoms with Crippen LogP contribution < -0.4 is 4.74 Å². The molecular weight excluding hydrogens is 384 g/mol. The summed E-state index contributed by atoms with van der Waals surface area (Å²) in [6.07, 6.45) is 1.66. The molecular formula is C19H29ClN4O4. The summed E-state index contributed by atoms with van der Waals surface area (Å²) in [6, 6.07) is 4.77. The van der Waals surface area contributed by atoms with E-state index in [-0.39, 0.29) is 17.8 Å². The van der Waals surface area contributed by atoms with Crippen molar-refractivity contribution in [3.63, 3.8) is 0 Å². The van der Waals surface area contributed by atoms with Gasteiger partial charge in [0.1, 0.15) is 0 Å². The second-order valence-electron chi connectivity index (χ2n) is 7.25. The summed E-state index contributed by atoms with van der Waals surface area (Å²) in [5.74, 6) is 0.603. The Hall–Kier alpha value is -1.71. The van der Waals surface area contributed by atoms with Crippen LogP contribution in [0.1, 0.15) is 6.42 Å². The average molecular weight is 413 g/mol. The Balaban J connectivity index is 1.41. The molecule has 0 aromatic heterocycles. The largest absolute Gasteiger partial charge is 0.504 e. The predicted molar refractivity (Wildman–Crippen MR) is 107 cm³/mol. The number of ether oxygens (including phenoxy) is 1. The summed E-state index contributed by atoms with van der Waals surface area (Å²) in [4.78, 5) is 7.89. The Bertz CT molecular complexity index is 697. The Morgan fingerprint density at radius 2 is 1.86 bits per heavy atom. The maximum absolute atomic E-state index is 10.2. The molecule has 9 heteroatoms. The summed E-state index contributed by atoms with van der Waals surface area (Å²) < 4.78 is 5.63. The third kappa shape index (κ3) is 4.82. The molecule has 156 valence electrons. The Kier molecular flexibility index (Phi) is 6.90. The molecule has 2 atom stereocenters. The van der Waals surface area contributed by atoms with E-state index in [9.17, 15) is 15.3 Å². The van der Waals surface area contributed by atoms with Gasteiger partial charge in [-0.2, -0.15) is 0 Å². The Morgan fingerprint density at radius 1 is 1.14 bits per heavy atom. The first-order chi connectivity index (χ1) is 13.4. The molecule has 0 aliphatic carbocycles. The number of aromatic hydroxyl groups is 1. The minimum atomic E-state index is -0.840. The van der Waals surface area contributed by atoms with Crippen molar-refractivity contribution in [3.8, 4) is 11.5 Å². The zero-order valence-electron chi connectivity index (χ0n) is 16.3. The van der Waals surface area contributed by atoms with Crippen LogP contribution in [-0.2, 0) is 0 Å². The summed E-state index contributed by atoms with van der Waals surface area (Å²) in [5, 5.41) is 30.5. The van der Waals surface area contributed by atoms with Crippen LogP contribution in [0, 0.1) is 0 Å². The number of aliphatic hydroxyl groups excluding tert-OH is 2. The molecule has 0 saturated carbocycles. The summed E-state index contributed by atoms with van der Waals surface area (Å²) in [6.45, 7) is 4.94. The second kappa shape index (κ2) is 9.19. The van der Waals surface area contributed by atoms with Crippen molar-refractivity contribution in [1.29, 1.82) is 0 Å². The molecule has 2 heterocycles. The van der Waals surface area contributed by atoms with E-state index < -0.39 is 6.35 Å². The predicted octanol–water partition coefficient (Wildman–Crippen LogP) is 1.31. The highest BCUT2D eigenvalue weighted by atomic mass is 35.5. The monoisotopic (exact) mass is 412 g/mol. The SMILES string of the molecule is CN1C(O)=CC(N2CCN(CCCOc3cc(Cl)ccc3O)CC2)N(C)C1O. The van der Waals surface area contributed by atoms with E-state index in [0.717, 1.165) is 39.1 Å². The molecule has 3 rings (SSSR count). The number of halogens is 1. The molecule has 2 aliphatic rings. The third-order valence-electron chi connectivity index (χ3n) is 5.37. The minimum Gasteiger partial charge on any atom is -0.504 e. The number of rotatable bonds is 6. The van der Waals surface area contributed by atoms with Gasteiger partial charge in [0.25, 0.3) is 0 Å². The van der Waals surface area contributed by atoms with Gasteiger partial charge in [-0.3, -0.25) is 4.90 Å². The van der Waals surface area contributed by atoms with Crippen LogP contribution in [0.2, 0.25) is 5.02 Å². The number of nitrogens with zero attached hydrogens (tertiary/aromatic N) is 4. The van der Waals surface area contributed by atoms with Crippen LogP contribution in [0.15, 0.2) is 30.2 Å². The molecule has 2 aliphatic heterocycles. The lowest BCUT2D eigenvalue weighted by Gasteiger charge is -2.46. The highest BCUT2D eigenvalue weighted by Crippen LogP contribution is 2.29. The number of phenols is 1. The van der Waals surface area contributed by atoms with Gasteiger partial charge < -0.3 is 29.9 Å². The normalized spacial score (nSPS) is 25.0. The van der Waals surface area contributed by atoms with E-state index in [0.29, 0.717) is 17.4 Å². The van der Waals surface area contributed by atoms with E-state index >= 15 is 0 Å². The lowest BCUT2D eigenvalue weighted by molar-refractivity contribution is -0.143. The topological polar surface area (TPSA) is 82.9 Å². The number of piperazine rings is 1. The number of phenolic OH excluding ortho intramolecular Hbond substituents is 1. The molecule has 2 unspecified atom stereocenters. The van der Waals surface area contributed by atoms with Crippen molar-refractivity contribution in [3.05, 3.63) is 35.2 Å². The van der Waals surface area contributed by atoms with E-state index in [1.165, 1.54) is 11.0 Å². The molecule has 1 aromatic carbocycles. The van der Waals surface area contributed by atoms with E-state index in [1.807, 2.05) is 11.9 Å². The maximum Gasteiger partial charge on any atom is 0.189 e. The van der Waals surface area contributed by atoms with Crippen molar-refractivity contribution < 1.29 is 20.1 Å². The highest BCUT2D eigenvalue weighted by molar-refractivity contribution is 6.30. The van der Waals surface area contributed by atoms with Crippen LogP contribution >= 0.6 is 11.6 Å². The number of aliphatic hydroxyl groups is 2. The quantitative estimate of drug-likeness (QED) is 0.603. The van der Waals surface area contributed by atoms with Crippen molar-refractivity contribution in [2.75, 3.05) is 53.4 Å². The lowest BCUT2D eigenvalue weighted by Crippen LogP contribution is -2.61. The molecule has 0 spiro atoms. The van der Waals surface area contributed by atoms with Crippen molar-refractivity contribution in [2.24, 2.45) is 0 Å². The van der Waals surface area contributed by atoms with Gasteiger partial charge in [-0.15, -0.1) is 0 Å². The summed E-state index contributed by atoms with van der Waals surface area (Å²) in [7, 11) is 3.51. The zero-order chi connectivity index (χ0) is 20.3. The molecule has 1 aromatic rings. The average Bonchev–Trinajstić information content (AvgIpc) is 2.69. The lowest BCUT2D eigenvalue weighted by atomic mass is 10.2. The number of benzene rings is 1. The fourth-order valence-electron chi connectivity index (χ4n) is 3.58. The smallest absolute Gasteiger partial charge is 0.189 e. The number of likely N-dealkylation sites (N-methyl/N-ethyl adjacent to an activating group) is 1. The van der Waals surface area contributed by atoms with Crippen LogP contribution in [0.25, 0.3) is 0 Å². The maximum atomic E-state index is 10.2. The van der Waals surface area contributed by atoms with Gasteiger partial charge in [0.15, 0.2) is 23.7 Å². The number of hydrogen-bond donors (Lipinski definition) is 3. The van der Waals surface area contributed by atoms with Gasteiger partial charge in [0.2, 0.25) is 0 Å².